The number of rotatable bonds is 4. The molecule has 0 bridgehead atoms. The standard InChI is InChI=1S/C23H24N2O/c1-3-21-23(26-2)20-16-10-11-17-22(20)25(19-14-8-5-9-15-19)24(21)18-12-6-4-7-13-18/h4-17,21,23H,3H2,1-2H3. The lowest BCUT2D eigenvalue weighted by Gasteiger charge is -2.50. The number of fused-ring (bicyclic) bond motifs is 1. The van der Waals surface area contributed by atoms with Gasteiger partial charge in [0.2, 0.25) is 0 Å². The number of ether oxygens (including phenoxy) is 1. The molecule has 0 saturated carbocycles. The number of hydrogen-bond donors (Lipinski definition) is 0. The molecule has 0 N–H and O–H groups in total. The second-order valence-corrected chi connectivity index (χ2v) is 6.52. The Kier molecular flexibility index (Phi) is 4.63. The summed E-state index contributed by atoms with van der Waals surface area (Å²) in [6.45, 7) is 2.23. The van der Waals surface area contributed by atoms with Crippen LogP contribution in [0.15, 0.2) is 84.9 Å². The normalized spacial score (nSPS) is 19.3. The second-order valence-electron chi connectivity index (χ2n) is 6.52. The Morgan fingerprint density at radius 2 is 1.35 bits per heavy atom. The maximum absolute atomic E-state index is 5.99. The van der Waals surface area contributed by atoms with Crippen molar-refractivity contribution < 1.29 is 4.74 Å². The molecule has 0 amide bonds. The summed E-state index contributed by atoms with van der Waals surface area (Å²) >= 11 is 0. The quantitative estimate of drug-likeness (QED) is 0.601. The van der Waals surface area contributed by atoms with Gasteiger partial charge in [0.15, 0.2) is 0 Å². The lowest BCUT2D eigenvalue weighted by atomic mass is 9.94. The molecule has 2 unspecified atom stereocenters. The van der Waals surface area contributed by atoms with Gasteiger partial charge in [0, 0.05) is 12.7 Å². The number of hydrazine groups is 1. The van der Waals surface area contributed by atoms with Crippen LogP contribution >= 0.6 is 0 Å². The van der Waals surface area contributed by atoms with Crippen molar-refractivity contribution in [3.8, 4) is 0 Å². The number of para-hydroxylation sites is 3. The molecular formula is C23H24N2O. The Bertz CT molecular complexity index is 850. The Morgan fingerprint density at radius 3 is 1.96 bits per heavy atom. The molecule has 132 valence electrons. The fourth-order valence-corrected chi connectivity index (χ4v) is 3.91. The Labute approximate surface area is 155 Å². The molecule has 0 saturated heterocycles. The van der Waals surface area contributed by atoms with E-state index in [1.807, 2.05) is 7.11 Å². The summed E-state index contributed by atoms with van der Waals surface area (Å²) < 4.78 is 5.99. The molecule has 4 rings (SSSR count). The lowest BCUT2D eigenvalue weighted by molar-refractivity contribution is 0.0719. The van der Waals surface area contributed by atoms with Crippen LogP contribution in [0.25, 0.3) is 0 Å². The lowest BCUT2D eigenvalue weighted by Crippen LogP contribution is -2.53. The maximum atomic E-state index is 5.99. The van der Waals surface area contributed by atoms with Crippen molar-refractivity contribution in [3.63, 3.8) is 0 Å². The fourth-order valence-electron chi connectivity index (χ4n) is 3.91. The molecular weight excluding hydrogens is 320 g/mol. The van der Waals surface area contributed by atoms with E-state index in [9.17, 15) is 0 Å². The predicted octanol–water partition coefficient (Wildman–Crippen LogP) is 5.73. The molecule has 1 heterocycles. The minimum absolute atomic E-state index is 0.0244. The highest BCUT2D eigenvalue weighted by Crippen LogP contribution is 2.45. The zero-order valence-electron chi connectivity index (χ0n) is 15.2. The topological polar surface area (TPSA) is 15.7 Å². The fraction of sp³-hybridized carbons (Fsp3) is 0.217. The Hall–Kier alpha value is -2.78. The first-order chi connectivity index (χ1) is 12.8. The highest BCUT2D eigenvalue weighted by atomic mass is 16.5. The van der Waals surface area contributed by atoms with E-state index in [0.717, 1.165) is 12.1 Å². The van der Waals surface area contributed by atoms with Gasteiger partial charge in [-0.15, -0.1) is 0 Å². The average molecular weight is 344 g/mol. The Balaban J connectivity index is 1.96. The second kappa shape index (κ2) is 7.22. The van der Waals surface area contributed by atoms with Crippen molar-refractivity contribution in [2.75, 3.05) is 17.1 Å². The number of benzene rings is 3. The van der Waals surface area contributed by atoms with Gasteiger partial charge in [0.25, 0.3) is 0 Å². The van der Waals surface area contributed by atoms with Crippen LogP contribution in [0.2, 0.25) is 0 Å². The van der Waals surface area contributed by atoms with Crippen LogP contribution in [-0.2, 0) is 4.74 Å². The first kappa shape index (κ1) is 16.7. The zero-order chi connectivity index (χ0) is 17.9. The summed E-state index contributed by atoms with van der Waals surface area (Å²) in [5.41, 5.74) is 4.72. The summed E-state index contributed by atoms with van der Waals surface area (Å²) in [4.78, 5) is 0. The van der Waals surface area contributed by atoms with Gasteiger partial charge < -0.3 is 4.74 Å². The van der Waals surface area contributed by atoms with Crippen LogP contribution in [-0.4, -0.2) is 13.2 Å². The molecule has 0 aliphatic carbocycles. The Morgan fingerprint density at radius 1 is 0.769 bits per heavy atom. The molecule has 0 aromatic heterocycles. The van der Waals surface area contributed by atoms with Gasteiger partial charge in [-0.25, -0.2) is 0 Å². The number of nitrogens with zero attached hydrogens (tertiary/aromatic N) is 2. The van der Waals surface area contributed by atoms with Crippen molar-refractivity contribution in [2.45, 2.75) is 25.5 Å². The van der Waals surface area contributed by atoms with Gasteiger partial charge in [-0.1, -0.05) is 61.5 Å². The smallest absolute Gasteiger partial charge is 0.106 e. The van der Waals surface area contributed by atoms with Crippen molar-refractivity contribution in [2.24, 2.45) is 0 Å². The summed E-state index contributed by atoms with van der Waals surface area (Å²) in [6, 6.07) is 29.9. The van der Waals surface area contributed by atoms with Crippen LogP contribution in [0.1, 0.15) is 25.0 Å². The number of anilines is 3. The molecule has 3 heteroatoms. The molecule has 0 radical (unpaired) electrons. The molecule has 3 nitrogen and oxygen atoms in total. The first-order valence-electron chi connectivity index (χ1n) is 9.16. The molecule has 2 atom stereocenters. The van der Waals surface area contributed by atoms with E-state index in [0.29, 0.717) is 0 Å². The van der Waals surface area contributed by atoms with Gasteiger partial charge >= 0.3 is 0 Å². The SMILES string of the molecule is CCC1C(OC)c2ccccc2N(c2ccccc2)N1c1ccccc1. The van der Waals surface area contributed by atoms with Crippen molar-refractivity contribution in [3.05, 3.63) is 90.5 Å². The third-order valence-electron chi connectivity index (χ3n) is 5.04. The summed E-state index contributed by atoms with van der Waals surface area (Å²) in [5.74, 6) is 0. The maximum Gasteiger partial charge on any atom is 0.106 e. The molecule has 3 aromatic rings. The summed E-state index contributed by atoms with van der Waals surface area (Å²) in [7, 11) is 1.81. The van der Waals surface area contributed by atoms with Crippen molar-refractivity contribution >= 4 is 17.1 Å². The predicted molar refractivity (Wildman–Crippen MR) is 108 cm³/mol. The van der Waals surface area contributed by atoms with E-state index in [1.165, 1.54) is 16.9 Å². The van der Waals surface area contributed by atoms with Gasteiger partial charge in [0.1, 0.15) is 6.10 Å². The van der Waals surface area contributed by atoms with Crippen LogP contribution in [0.4, 0.5) is 17.1 Å². The van der Waals surface area contributed by atoms with E-state index in [1.54, 1.807) is 0 Å². The van der Waals surface area contributed by atoms with E-state index >= 15 is 0 Å². The number of methoxy groups -OCH3 is 1. The van der Waals surface area contributed by atoms with E-state index in [-0.39, 0.29) is 12.1 Å². The number of hydrogen-bond acceptors (Lipinski definition) is 3. The third-order valence-corrected chi connectivity index (χ3v) is 5.04. The molecule has 0 fully saturated rings. The van der Waals surface area contributed by atoms with E-state index in [2.05, 4.69) is 102 Å². The minimum atomic E-state index is 0.0244. The monoisotopic (exact) mass is 344 g/mol. The van der Waals surface area contributed by atoms with Gasteiger partial charge in [0.05, 0.1) is 23.1 Å². The zero-order valence-corrected chi connectivity index (χ0v) is 15.2. The molecule has 1 aliphatic heterocycles. The third kappa shape index (κ3) is 2.74. The molecule has 26 heavy (non-hydrogen) atoms. The minimum Gasteiger partial charge on any atom is -0.374 e. The van der Waals surface area contributed by atoms with Crippen LogP contribution in [0.3, 0.4) is 0 Å². The summed E-state index contributed by atoms with van der Waals surface area (Å²) in [5, 5.41) is 4.71. The van der Waals surface area contributed by atoms with Gasteiger partial charge in [-0.2, -0.15) is 0 Å². The van der Waals surface area contributed by atoms with Crippen molar-refractivity contribution in [1.82, 2.24) is 0 Å². The van der Waals surface area contributed by atoms with E-state index < -0.39 is 0 Å². The molecule has 3 aromatic carbocycles. The van der Waals surface area contributed by atoms with Crippen LogP contribution in [0.5, 0.6) is 0 Å². The van der Waals surface area contributed by atoms with Crippen LogP contribution in [0, 0.1) is 0 Å². The average Bonchev–Trinajstić information content (AvgIpc) is 2.73. The largest absolute Gasteiger partial charge is 0.374 e. The van der Waals surface area contributed by atoms with Gasteiger partial charge in [-0.05, 0) is 36.8 Å². The van der Waals surface area contributed by atoms with Crippen molar-refractivity contribution in [1.29, 1.82) is 0 Å². The first-order valence-corrected chi connectivity index (χ1v) is 9.16. The highest BCUT2D eigenvalue weighted by Gasteiger charge is 2.39. The molecule has 0 spiro atoms. The van der Waals surface area contributed by atoms with Crippen LogP contribution < -0.4 is 10.0 Å². The molecule has 1 aliphatic rings. The van der Waals surface area contributed by atoms with Gasteiger partial charge in [-0.3, -0.25) is 10.0 Å². The summed E-state index contributed by atoms with van der Waals surface area (Å²) in [6.07, 6.45) is 1.00. The highest BCUT2D eigenvalue weighted by molar-refractivity contribution is 5.75. The van der Waals surface area contributed by atoms with E-state index in [4.69, 9.17) is 4.74 Å².